The number of hydrogen-bond donors (Lipinski definition) is 0. The van der Waals surface area contributed by atoms with Gasteiger partial charge in [-0.3, -0.25) is 0 Å². The Morgan fingerprint density at radius 2 is 1.55 bits per heavy atom. The molecular formula is C18H28F2. The molecule has 1 unspecified atom stereocenters. The van der Waals surface area contributed by atoms with Crippen molar-refractivity contribution in [1.82, 2.24) is 0 Å². The number of benzene rings is 1. The number of aryl methyl sites for hydroxylation is 1. The Balaban J connectivity index is 2.70. The molecule has 1 atom stereocenters. The Hall–Kier alpha value is -0.920. The van der Waals surface area contributed by atoms with Gasteiger partial charge in [-0.05, 0) is 30.4 Å². The lowest BCUT2D eigenvalue weighted by atomic mass is 9.89. The lowest BCUT2D eigenvalue weighted by molar-refractivity contribution is 0.401. The van der Waals surface area contributed by atoms with E-state index in [0.29, 0.717) is 23.5 Å². The van der Waals surface area contributed by atoms with Crippen LogP contribution in [0.15, 0.2) is 12.1 Å². The van der Waals surface area contributed by atoms with E-state index in [0.717, 1.165) is 19.3 Å². The van der Waals surface area contributed by atoms with Gasteiger partial charge in [0.05, 0.1) is 0 Å². The Labute approximate surface area is 122 Å². The summed E-state index contributed by atoms with van der Waals surface area (Å²) in [6.07, 6.45) is 8.88. The zero-order chi connectivity index (χ0) is 15.0. The summed E-state index contributed by atoms with van der Waals surface area (Å²) >= 11 is 0. The molecule has 0 aromatic heterocycles. The van der Waals surface area contributed by atoms with Crippen LogP contribution >= 0.6 is 0 Å². The summed E-state index contributed by atoms with van der Waals surface area (Å²) in [5.41, 5.74) is 0.938. The van der Waals surface area contributed by atoms with Gasteiger partial charge < -0.3 is 0 Å². The standard InChI is InChI=1S/C18H28F2/c1-4-6-8-10-15(9-7-5-2)13-16-12-11-14(3)17(19)18(16)20/h11-12,15H,4-10,13H2,1-3H3. The predicted octanol–water partition coefficient (Wildman–Crippen LogP) is 6.20. The lowest BCUT2D eigenvalue weighted by Gasteiger charge is -2.17. The molecule has 0 fully saturated rings. The van der Waals surface area contributed by atoms with Crippen LogP contribution in [-0.2, 0) is 6.42 Å². The molecule has 0 saturated carbocycles. The summed E-state index contributed by atoms with van der Waals surface area (Å²) in [4.78, 5) is 0. The van der Waals surface area contributed by atoms with E-state index in [-0.39, 0.29) is 0 Å². The molecule has 0 aliphatic carbocycles. The van der Waals surface area contributed by atoms with Gasteiger partial charge >= 0.3 is 0 Å². The van der Waals surface area contributed by atoms with E-state index < -0.39 is 11.6 Å². The highest BCUT2D eigenvalue weighted by atomic mass is 19.2. The van der Waals surface area contributed by atoms with Crippen LogP contribution in [0.2, 0.25) is 0 Å². The van der Waals surface area contributed by atoms with E-state index in [9.17, 15) is 8.78 Å². The lowest BCUT2D eigenvalue weighted by Crippen LogP contribution is -2.08. The Morgan fingerprint density at radius 3 is 2.20 bits per heavy atom. The maximum absolute atomic E-state index is 14.0. The fraction of sp³-hybridized carbons (Fsp3) is 0.667. The second-order valence-corrected chi connectivity index (χ2v) is 5.88. The summed E-state index contributed by atoms with van der Waals surface area (Å²) in [6.45, 7) is 5.98. The summed E-state index contributed by atoms with van der Waals surface area (Å²) < 4.78 is 27.6. The highest BCUT2D eigenvalue weighted by Crippen LogP contribution is 2.24. The van der Waals surface area contributed by atoms with Crippen LogP contribution in [0.25, 0.3) is 0 Å². The third-order valence-electron chi connectivity index (χ3n) is 4.05. The molecule has 0 aliphatic rings. The fourth-order valence-electron chi connectivity index (χ4n) is 2.68. The second-order valence-electron chi connectivity index (χ2n) is 5.88. The minimum absolute atomic E-state index is 0.391. The number of unbranched alkanes of at least 4 members (excludes halogenated alkanes) is 3. The van der Waals surface area contributed by atoms with Gasteiger partial charge in [-0.1, -0.05) is 70.9 Å². The first kappa shape index (κ1) is 17.1. The largest absolute Gasteiger partial charge is 0.203 e. The van der Waals surface area contributed by atoms with Crippen molar-refractivity contribution in [3.63, 3.8) is 0 Å². The van der Waals surface area contributed by atoms with Crippen molar-refractivity contribution in [1.29, 1.82) is 0 Å². The Bertz CT molecular complexity index is 399. The van der Waals surface area contributed by atoms with Crippen molar-refractivity contribution in [2.75, 3.05) is 0 Å². The van der Waals surface area contributed by atoms with E-state index in [4.69, 9.17) is 0 Å². The van der Waals surface area contributed by atoms with Crippen LogP contribution in [-0.4, -0.2) is 0 Å². The Kier molecular flexibility index (Phi) is 7.79. The molecule has 0 heterocycles. The number of halogens is 2. The van der Waals surface area contributed by atoms with E-state index in [1.165, 1.54) is 25.7 Å². The molecule has 1 aromatic rings. The van der Waals surface area contributed by atoms with Gasteiger partial charge in [0.15, 0.2) is 11.6 Å². The second kappa shape index (κ2) is 9.10. The van der Waals surface area contributed by atoms with Crippen LogP contribution in [0.3, 0.4) is 0 Å². The molecule has 2 heteroatoms. The topological polar surface area (TPSA) is 0 Å². The first-order chi connectivity index (χ1) is 9.60. The number of rotatable bonds is 9. The molecule has 0 radical (unpaired) electrons. The highest BCUT2D eigenvalue weighted by Gasteiger charge is 2.15. The van der Waals surface area contributed by atoms with Gasteiger partial charge in [0, 0.05) is 0 Å². The fourth-order valence-corrected chi connectivity index (χ4v) is 2.68. The van der Waals surface area contributed by atoms with Crippen molar-refractivity contribution in [3.05, 3.63) is 34.9 Å². The first-order valence-electron chi connectivity index (χ1n) is 8.03. The van der Waals surface area contributed by atoms with Crippen molar-refractivity contribution in [2.24, 2.45) is 5.92 Å². The van der Waals surface area contributed by atoms with E-state index in [2.05, 4.69) is 13.8 Å². The molecule has 1 rings (SSSR count). The normalized spacial score (nSPS) is 12.7. The van der Waals surface area contributed by atoms with Gasteiger partial charge in [-0.25, -0.2) is 8.78 Å². The highest BCUT2D eigenvalue weighted by molar-refractivity contribution is 5.25. The molecule has 0 nitrogen and oxygen atoms in total. The molecule has 0 N–H and O–H groups in total. The van der Waals surface area contributed by atoms with Crippen molar-refractivity contribution >= 4 is 0 Å². The quantitative estimate of drug-likeness (QED) is 0.473. The monoisotopic (exact) mass is 282 g/mol. The number of hydrogen-bond acceptors (Lipinski definition) is 0. The van der Waals surface area contributed by atoms with Crippen LogP contribution in [0.4, 0.5) is 8.78 Å². The van der Waals surface area contributed by atoms with Crippen LogP contribution < -0.4 is 0 Å². The molecule has 0 amide bonds. The molecule has 20 heavy (non-hydrogen) atoms. The zero-order valence-corrected chi connectivity index (χ0v) is 13.1. The minimum atomic E-state index is -0.676. The average Bonchev–Trinajstić information content (AvgIpc) is 2.45. The maximum atomic E-state index is 14.0. The third-order valence-corrected chi connectivity index (χ3v) is 4.05. The maximum Gasteiger partial charge on any atom is 0.162 e. The molecule has 0 spiro atoms. The molecule has 0 saturated heterocycles. The summed E-state index contributed by atoms with van der Waals surface area (Å²) in [5, 5.41) is 0. The Morgan fingerprint density at radius 1 is 0.900 bits per heavy atom. The van der Waals surface area contributed by atoms with Gasteiger partial charge in [-0.2, -0.15) is 0 Å². The van der Waals surface area contributed by atoms with Gasteiger partial charge in [0.2, 0.25) is 0 Å². The average molecular weight is 282 g/mol. The van der Waals surface area contributed by atoms with Gasteiger partial charge in [-0.15, -0.1) is 0 Å². The van der Waals surface area contributed by atoms with Crippen molar-refractivity contribution < 1.29 is 8.78 Å². The van der Waals surface area contributed by atoms with E-state index in [1.54, 1.807) is 19.1 Å². The van der Waals surface area contributed by atoms with Gasteiger partial charge in [0.25, 0.3) is 0 Å². The van der Waals surface area contributed by atoms with Crippen LogP contribution in [0.5, 0.6) is 0 Å². The molecule has 1 aromatic carbocycles. The third kappa shape index (κ3) is 5.22. The summed E-state index contributed by atoms with van der Waals surface area (Å²) in [6, 6.07) is 3.45. The van der Waals surface area contributed by atoms with Crippen molar-refractivity contribution in [3.8, 4) is 0 Å². The first-order valence-corrected chi connectivity index (χ1v) is 8.03. The molecule has 0 bridgehead atoms. The zero-order valence-electron chi connectivity index (χ0n) is 13.1. The van der Waals surface area contributed by atoms with E-state index >= 15 is 0 Å². The van der Waals surface area contributed by atoms with Crippen LogP contribution in [0, 0.1) is 24.5 Å². The summed E-state index contributed by atoms with van der Waals surface area (Å²) in [7, 11) is 0. The molecular weight excluding hydrogens is 254 g/mol. The van der Waals surface area contributed by atoms with E-state index in [1.807, 2.05) is 0 Å². The summed E-state index contributed by atoms with van der Waals surface area (Å²) in [5.74, 6) is -0.828. The van der Waals surface area contributed by atoms with Gasteiger partial charge in [0.1, 0.15) is 0 Å². The van der Waals surface area contributed by atoms with Crippen LogP contribution in [0.1, 0.15) is 69.9 Å². The molecule has 114 valence electrons. The minimum Gasteiger partial charge on any atom is -0.203 e. The smallest absolute Gasteiger partial charge is 0.162 e. The molecule has 0 aliphatic heterocycles. The predicted molar refractivity (Wildman–Crippen MR) is 82.0 cm³/mol. The van der Waals surface area contributed by atoms with Crippen molar-refractivity contribution in [2.45, 2.75) is 72.1 Å². The SMILES string of the molecule is CCCCCC(CCCC)Cc1ccc(C)c(F)c1F.